The average Bonchev–Trinajstić information content (AvgIpc) is 2.94. The molecule has 7 nitrogen and oxygen atoms in total. The Bertz CT molecular complexity index is 638. The number of rotatable bonds is 4. The van der Waals surface area contributed by atoms with Gasteiger partial charge in [0.2, 0.25) is 11.8 Å². The Hall–Kier alpha value is -1.93. The second-order valence-electron chi connectivity index (χ2n) is 5.59. The summed E-state index contributed by atoms with van der Waals surface area (Å²) < 4.78 is 4.72. The van der Waals surface area contributed by atoms with Gasteiger partial charge in [0.25, 0.3) is 0 Å². The van der Waals surface area contributed by atoms with Crippen LogP contribution in [0.3, 0.4) is 0 Å². The minimum absolute atomic E-state index is 0.217. The number of methoxy groups -OCH3 is 1. The zero-order valence-corrected chi connectivity index (χ0v) is 12.9. The van der Waals surface area contributed by atoms with E-state index in [1.165, 1.54) is 23.3 Å². The second kappa shape index (κ2) is 5.36. The number of thiophene rings is 1. The standard InChI is InChI=1S/C14H17N3O4S/c1-21-12(19)8-3-7-22-11(8)17-6-2-9(10(17)18)16-13(20)14(15)4-5-14/h3,7,9H,2,4-6,15H2,1H3,(H,16,20). The van der Waals surface area contributed by atoms with Gasteiger partial charge in [-0.15, -0.1) is 11.3 Å². The molecule has 0 spiro atoms. The molecule has 8 heteroatoms. The number of hydrogen-bond acceptors (Lipinski definition) is 6. The van der Waals surface area contributed by atoms with Crippen LogP contribution in [0, 0.1) is 0 Å². The van der Waals surface area contributed by atoms with Crippen molar-refractivity contribution in [3.63, 3.8) is 0 Å². The summed E-state index contributed by atoms with van der Waals surface area (Å²) in [6, 6.07) is 1.05. The Morgan fingerprint density at radius 1 is 1.50 bits per heavy atom. The molecular weight excluding hydrogens is 306 g/mol. The van der Waals surface area contributed by atoms with E-state index in [0.717, 1.165) is 0 Å². The number of amides is 2. The van der Waals surface area contributed by atoms with Crippen molar-refractivity contribution in [2.75, 3.05) is 18.6 Å². The van der Waals surface area contributed by atoms with Gasteiger partial charge in [-0.05, 0) is 30.7 Å². The van der Waals surface area contributed by atoms with Crippen LogP contribution in [0.4, 0.5) is 5.00 Å². The van der Waals surface area contributed by atoms with Crippen LogP contribution in [-0.4, -0.2) is 43.0 Å². The van der Waals surface area contributed by atoms with Crippen LogP contribution >= 0.6 is 11.3 Å². The number of ether oxygens (including phenoxy) is 1. The normalized spacial score (nSPS) is 22.5. The summed E-state index contributed by atoms with van der Waals surface area (Å²) in [5, 5.41) is 5.01. The molecule has 1 atom stereocenters. The van der Waals surface area contributed by atoms with E-state index < -0.39 is 17.6 Å². The second-order valence-corrected chi connectivity index (χ2v) is 6.49. The van der Waals surface area contributed by atoms with Crippen LogP contribution in [-0.2, 0) is 14.3 Å². The number of carbonyl (C=O) groups excluding carboxylic acids is 3. The van der Waals surface area contributed by atoms with E-state index >= 15 is 0 Å². The monoisotopic (exact) mass is 323 g/mol. The van der Waals surface area contributed by atoms with Gasteiger partial charge in [-0.3, -0.25) is 9.59 Å². The number of anilines is 1. The van der Waals surface area contributed by atoms with Gasteiger partial charge in [-0.25, -0.2) is 4.79 Å². The Labute approximate surface area is 131 Å². The van der Waals surface area contributed by atoms with Gasteiger partial charge in [0.1, 0.15) is 11.0 Å². The molecule has 1 aromatic heterocycles. The summed E-state index contributed by atoms with van der Waals surface area (Å²) in [5.41, 5.74) is 5.40. The first-order valence-electron chi connectivity index (χ1n) is 7.03. The van der Waals surface area contributed by atoms with E-state index in [1.54, 1.807) is 11.4 Å². The Kier molecular flexibility index (Phi) is 3.65. The van der Waals surface area contributed by atoms with Crippen molar-refractivity contribution in [1.29, 1.82) is 0 Å². The molecule has 2 fully saturated rings. The molecule has 1 unspecified atom stereocenters. The molecule has 3 N–H and O–H groups in total. The fourth-order valence-corrected chi connectivity index (χ4v) is 3.37. The Morgan fingerprint density at radius 2 is 2.23 bits per heavy atom. The third-order valence-electron chi connectivity index (χ3n) is 4.05. The first-order chi connectivity index (χ1) is 10.5. The number of hydrogen-bond donors (Lipinski definition) is 2. The molecule has 1 saturated heterocycles. The maximum absolute atomic E-state index is 12.5. The molecule has 2 heterocycles. The van der Waals surface area contributed by atoms with Crippen molar-refractivity contribution in [2.45, 2.75) is 30.8 Å². The predicted molar refractivity (Wildman–Crippen MR) is 80.7 cm³/mol. The third kappa shape index (κ3) is 2.48. The van der Waals surface area contributed by atoms with Gasteiger partial charge in [-0.1, -0.05) is 0 Å². The van der Waals surface area contributed by atoms with E-state index in [0.29, 0.717) is 36.4 Å². The summed E-state index contributed by atoms with van der Waals surface area (Å²) in [6.45, 7) is 0.450. The van der Waals surface area contributed by atoms with Crippen molar-refractivity contribution < 1.29 is 19.1 Å². The molecule has 2 amide bonds. The zero-order chi connectivity index (χ0) is 15.9. The highest BCUT2D eigenvalue weighted by Crippen LogP contribution is 2.34. The van der Waals surface area contributed by atoms with E-state index in [4.69, 9.17) is 10.5 Å². The van der Waals surface area contributed by atoms with Crippen LogP contribution < -0.4 is 16.0 Å². The highest BCUT2D eigenvalue weighted by atomic mass is 32.1. The van der Waals surface area contributed by atoms with Crippen molar-refractivity contribution in [1.82, 2.24) is 5.32 Å². The molecule has 1 aromatic rings. The molecule has 1 aliphatic carbocycles. The van der Waals surface area contributed by atoms with E-state index in [-0.39, 0.29) is 11.8 Å². The largest absolute Gasteiger partial charge is 0.465 e. The maximum atomic E-state index is 12.5. The van der Waals surface area contributed by atoms with Crippen LogP contribution in [0.5, 0.6) is 0 Å². The van der Waals surface area contributed by atoms with Crippen LogP contribution in [0.2, 0.25) is 0 Å². The number of nitrogens with two attached hydrogens (primary N) is 1. The van der Waals surface area contributed by atoms with Crippen molar-refractivity contribution >= 4 is 34.1 Å². The molecule has 3 rings (SSSR count). The molecule has 2 aliphatic rings. The lowest BCUT2D eigenvalue weighted by Crippen LogP contribution is -2.49. The fourth-order valence-electron chi connectivity index (χ4n) is 2.45. The SMILES string of the molecule is COC(=O)c1ccsc1N1CCC(NC(=O)C2(N)CC2)C1=O. The molecule has 1 aliphatic heterocycles. The lowest BCUT2D eigenvalue weighted by molar-refractivity contribution is -0.127. The van der Waals surface area contributed by atoms with Gasteiger partial charge in [0, 0.05) is 6.54 Å². The van der Waals surface area contributed by atoms with Gasteiger partial charge >= 0.3 is 5.97 Å². The Balaban J connectivity index is 1.72. The van der Waals surface area contributed by atoms with Crippen LogP contribution in [0.1, 0.15) is 29.6 Å². The van der Waals surface area contributed by atoms with Crippen molar-refractivity contribution in [3.05, 3.63) is 17.0 Å². The minimum atomic E-state index is -0.798. The van der Waals surface area contributed by atoms with Crippen molar-refractivity contribution in [2.24, 2.45) is 5.73 Å². The number of nitrogens with zero attached hydrogens (tertiary/aromatic N) is 1. The predicted octanol–water partition coefficient (Wildman–Crippen LogP) is 0.248. The van der Waals surface area contributed by atoms with Crippen molar-refractivity contribution in [3.8, 4) is 0 Å². The van der Waals surface area contributed by atoms with Gasteiger partial charge in [0.15, 0.2) is 0 Å². The topological polar surface area (TPSA) is 102 Å². The third-order valence-corrected chi connectivity index (χ3v) is 4.98. The van der Waals surface area contributed by atoms with Gasteiger partial charge in [-0.2, -0.15) is 0 Å². The van der Waals surface area contributed by atoms with E-state index in [9.17, 15) is 14.4 Å². The molecule has 0 radical (unpaired) electrons. The first kappa shape index (κ1) is 15.0. The number of esters is 1. The lowest BCUT2D eigenvalue weighted by atomic mass is 10.2. The summed E-state index contributed by atoms with van der Waals surface area (Å²) in [5.74, 6) is -0.965. The van der Waals surface area contributed by atoms with Crippen LogP contribution in [0.25, 0.3) is 0 Å². The average molecular weight is 323 g/mol. The molecule has 1 saturated carbocycles. The molecule has 22 heavy (non-hydrogen) atoms. The summed E-state index contributed by atoms with van der Waals surface area (Å²) in [7, 11) is 1.30. The molecular formula is C14H17N3O4S. The van der Waals surface area contributed by atoms with Gasteiger partial charge in [0.05, 0.1) is 18.2 Å². The molecule has 0 bridgehead atoms. The quantitative estimate of drug-likeness (QED) is 0.773. The summed E-state index contributed by atoms with van der Waals surface area (Å²) in [6.07, 6.45) is 1.81. The number of nitrogens with one attached hydrogen (secondary N) is 1. The van der Waals surface area contributed by atoms with Crippen LogP contribution in [0.15, 0.2) is 11.4 Å². The minimum Gasteiger partial charge on any atom is -0.465 e. The van der Waals surface area contributed by atoms with E-state index in [1.807, 2.05) is 0 Å². The summed E-state index contributed by atoms with van der Waals surface area (Å²) >= 11 is 1.30. The lowest BCUT2D eigenvalue weighted by Gasteiger charge is -2.18. The highest BCUT2D eigenvalue weighted by Gasteiger charge is 2.48. The summed E-state index contributed by atoms with van der Waals surface area (Å²) in [4.78, 5) is 37.7. The molecule has 118 valence electrons. The smallest absolute Gasteiger partial charge is 0.340 e. The van der Waals surface area contributed by atoms with Gasteiger partial charge < -0.3 is 20.7 Å². The molecule has 0 aromatic carbocycles. The maximum Gasteiger partial charge on any atom is 0.340 e. The first-order valence-corrected chi connectivity index (χ1v) is 7.91. The number of carbonyl (C=O) groups is 3. The van der Waals surface area contributed by atoms with E-state index in [2.05, 4.69) is 5.32 Å². The fraction of sp³-hybridized carbons (Fsp3) is 0.500. The zero-order valence-electron chi connectivity index (χ0n) is 12.1. The highest BCUT2D eigenvalue weighted by molar-refractivity contribution is 7.14. The Morgan fingerprint density at radius 3 is 2.86 bits per heavy atom.